The van der Waals surface area contributed by atoms with Gasteiger partial charge < -0.3 is 24.2 Å². The van der Waals surface area contributed by atoms with Gasteiger partial charge in [-0.3, -0.25) is 14.5 Å². The van der Waals surface area contributed by atoms with Gasteiger partial charge in [0.1, 0.15) is 17.6 Å². The van der Waals surface area contributed by atoms with Crippen molar-refractivity contribution in [2.45, 2.75) is 31.9 Å². The van der Waals surface area contributed by atoms with Crippen LogP contribution in [0.5, 0.6) is 5.75 Å². The van der Waals surface area contributed by atoms with Crippen LogP contribution >= 0.6 is 0 Å². The minimum absolute atomic E-state index is 0.0350. The Balaban J connectivity index is 1.49. The number of ketones is 1. The van der Waals surface area contributed by atoms with Gasteiger partial charge in [-0.1, -0.05) is 12.1 Å². The molecule has 2 aromatic rings. The fourth-order valence-corrected chi connectivity index (χ4v) is 5.39. The Kier molecular flexibility index (Phi) is 7.49. The lowest BCUT2D eigenvalue weighted by Gasteiger charge is -2.29. The molecule has 2 fully saturated rings. The molecule has 0 aliphatic carbocycles. The number of hydrogen-bond acceptors (Lipinski definition) is 8. The van der Waals surface area contributed by atoms with Crippen LogP contribution in [0.1, 0.15) is 46.4 Å². The molecule has 0 aromatic heterocycles. The largest absolute Gasteiger partial charge is 0.507 e. The van der Waals surface area contributed by atoms with Crippen LogP contribution in [-0.2, 0) is 25.5 Å². The van der Waals surface area contributed by atoms with Crippen molar-refractivity contribution in [1.29, 1.82) is 0 Å². The summed E-state index contributed by atoms with van der Waals surface area (Å²) in [6.07, 6.45) is 1.40. The molecule has 3 aliphatic rings. The molecule has 0 radical (unpaired) electrons. The first-order chi connectivity index (χ1) is 18.4. The van der Waals surface area contributed by atoms with Crippen molar-refractivity contribution in [3.63, 3.8) is 0 Å². The number of methoxy groups -OCH3 is 1. The maximum atomic E-state index is 13.4. The lowest BCUT2D eigenvalue weighted by molar-refractivity contribution is -0.140. The van der Waals surface area contributed by atoms with Gasteiger partial charge in [0.05, 0.1) is 37.5 Å². The third-order valence-electron chi connectivity index (χ3n) is 7.33. The molecule has 3 heterocycles. The number of benzene rings is 2. The number of aliphatic hydroxyl groups excluding tert-OH is 1. The van der Waals surface area contributed by atoms with Gasteiger partial charge in [-0.25, -0.2) is 4.79 Å². The average molecular weight is 521 g/mol. The van der Waals surface area contributed by atoms with Crippen molar-refractivity contribution in [2.75, 3.05) is 46.5 Å². The highest BCUT2D eigenvalue weighted by molar-refractivity contribution is 6.46. The fraction of sp³-hybridized carbons (Fsp3) is 0.414. The number of morpholine rings is 1. The smallest absolute Gasteiger partial charge is 0.337 e. The second kappa shape index (κ2) is 11.0. The number of hydrogen-bond donors (Lipinski definition) is 1. The highest BCUT2D eigenvalue weighted by Gasteiger charge is 2.46. The van der Waals surface area contributed by atoms with Crippen LogP contribution in [0.4, 0.5) is 0 Å². The third-order valence-corrected chi connectivity index (χ3v) is 7.33. The number of nitrogens with zero attached hydrogens (tertiary/aromatic N) is 2. The molecule has 0 spiro atoms. The molecule has 0 bridgehead atoms. The Morgan fingerprint density at radius 1 is 1.05 bits per heavy atom. The van der Waals surface area contributed by atoms with Crippen molar-refractivity contribution in [1.82, 2.24) is 9.80 Å². The second-order valence-corrected chi connectivity index (χ2v) is 9.87. The van der Waals surface area contributed by atoms with Gasteiger partial charge in [0, 0.05) is 38.2 Å². The van der Waals surface area contributed by atoms with E-state index in [1.807, 2.05) is 13.0 Å². The van der Waals surface area contributed by atoms with Gasteiger partial charge in [0.25, 0.3) is 11.7 Å². The predicted molar refractivity (Wildman–Crippen MR) is 139 cm³/mol. The van der Waals surface area contributed by atoms with Crippen molar-refractivity contribution in [3.05, 3.63) is 70.3 Å². The van der Waals surface area contributed by atoms with E-state index < -0.39 is 23.7 Å². The van der Waals surface area contributed by atoms with Gasteiger partial charge in [0.15, 0.2) is 0 Å². The summed E-state index contributed by atoms with van der Waals surface area (Å²) in [5.41, 5.74) is 2.43. The molecule has 1 amide bonds. The Morgan fingerprint density at radius 2 is 1.76 bits per heavy atom. The summed E-state index contributed by atoms with van der Waals surface area (Å²) in [6.45, 7) is 6.11. The molecule has 9 heteroatoms. The number of carbonyl (C=O) groups is 3. The summed E-state index contributed by atoms with van der Waals surface area (Å²) in [5.74, 6) is -1.31. The van der Waals surface area contributed by atoms with Gasteiger partial charge in [-0.15, -0.1) is 0 Å². The number of fused-ring (bicyclic) bond motifs is 1. The predicted octanol–water partition coefficient (Wildman–Crippen LogP) is 2.94. The van der Waals surface area contributed by atoms with E-state index in [1.54, 1.807) is 36.4 Å². The molecule has 0 saturated carbocycles. The van der Waals surface area contributed by atoms with E-state index in [0.29, 0.717) is 49.3 Å². The number of ether oxygens (including phenoxy) is 3. The van der Waals surface area contributed by atoms with Crippen LogP contribution < -0.4 is 4.74 Å². The normalized spacial score (nSPS) is 22.8. The van der Waals surface area contributed by atoms with Crippen LogP contribution in [0.2, 0.25) is 0 Å². The monoisotopic (exact) mass is 520 g/mol. The van der Waals surface area contributed by atoms with Crippen molar-refractivity contribution in [3.8, 4) is 5.75 Å². The highest BCUT2D eigenvalue weighted by Crippen LogP contribution is 2.40. The number of carbonyl (C=O) groups excluding carboxylic acids is 3. The van der Waals surface area contributed by atoms with Crippen LogP contribution in [0.25, 0.3) is 5.76 Å². The second-order valence-electron chi connectivity index (χ2n) is 9.87. The summed E-state index contributed by atoms with van der Waals surface area (Å²) >= 11 is 0. The molecule has 0 unspecified atom stereocenters. The van der Waals surface area contributed by atoms with Gasteiger partial charge in [-0.2, -0.15) is 0 Å². The molecule has 5 rings (SSSR count). The summed E-state index contributed by atoms with van der Waals surface area (Å²) in [7, 11) is 1.31. The zero-order chi connectivity index (χ0) is 26.8. The minimum Gasteiger partial charge on any atom is -0.507 e. The SMILES string of the molecule is COC(=O)c1ccc([C@@H]2C(=C(O)c3ccc4c(c3)C[C@@H](C)O4)C(=O)C(=O)N2CCCN2CCOCC2)cc1. The molecular formula is C29H32N2O7. The maximum absolute atomic E-state index is 13.4. The third kappa shape index (κ3) is 5.04. The van der Waals surface area contributed by atoms with Crippen LogP contribution in [0.15, 0.2) is 48.0 Å². The topological polar surface area (TPSA) is 106 Å². The number of rotatable bonds is 7. The van der Waals surface area contributed by atoms with Crippen molar-refractivity contribution in [2.24, 2.45) is 0 Å². The Bertz CT molecular complexity index is 1260. The van der Waals surface area contributed by atoms with E-state index in [-0.39, 0.29) is 17.4 Å². The molecule has 38 heavy (non-hydrogen) atoms. The Labute approximate surface area is 221 Å². The van der Waals surface area contributed by atoms with Gasteiger partial charge in [0.2, 0.25) is 0 Å². The molecule has 3 aliphatic heterocycles. The van der Waals surface area contributed by atoms with Crippen LogP contribution in [0.3, 0.4) is 0 Å². The minimum atomic E-state index is -0.783. The lowest BCUT2D eigenvalue weighted by Crippen LogP contribution is -2.39. The number of Topliss-reactive ketones (excluding diaryl/α,β-unsaturated/α-hetero) is 1. The molecular weight excluding hydrogens is 488 g/mol. The summed E-state index contributed by atoms with van der Waals surface area (Å²) in [5, 5.41) is 11.4. The number of amides is 1. The first kappa shape index (κ1) is 25.9. The Morgan fingerprint density at radius 3 is 2.47 bits per heavy atom. The van der Waals surface area contributed by atoms with E-state index in [4.69, 9.17) is 14.2 Å². The first-order valence-electron chi connectivity index (χ1n) is 12.9. The molecule has 200 valence electrons. The number of aliphatic hydroxyl groups is 1. The van der Waals surface area contributed by atoms with E-state index >= 15 is 0 Å². The first-order valence-corrected chi connectivity index (χ1v) is 12.9. The Hall–Kier alpha value is -3.69. The van der Waals surface area contributed by atoms with Crippen molar-refractivity contribution < 1.29 is 33.7 Å². The van der Waals surface area contributed by atoms with Gasteiger partial charge >= 0.3 is 5.97 Å². The zero-order valence-electron chi connectivity index (χ0n) is 21.6. The standard InChI is InChI=1S/C29H32N2O7/c1-18-16-22-17-21(8-9-23(22)38-18)26(32)24-25(19-4-6-20(7-5-19)29(35)36-2)31(28(34)27(24)33)11-3-10-30-12-14-37-15-13-30/h4-9,17-18,25,32H,3,10-16H2,1-2H3/t18-,25-/m1/s1. The highest BCUT2D eigenvalue weighted by atomic mass is 16.5. The van der Waals surface area contributed by atoms with E-state index in [1.165, 1.54) is 12.0 Å². The van der Waals surface area contributed by atoms with Crippen LogP contribution in [-0.4, -0.2) is 85.2 Å². The molecule has 9 nitrogen and oxygen atoms in total. The molecule has 2 atom stereocenters. The number of esters is 1. The van der Waals surface area contributed by atoms with Gasteiger partial charge in [-0.05, 0) is 54.8 Å². The summed E-state index contributed by atoms with van der Waals surface area (Å²) in [4.78, 5) is 42.4. The average Bonchev–Trinajstić information content (AvgIpc) is 3.44. The van der Waals surface area contributed by atoms with Crippen LogP contribution in [0, 0.1) is 0 Å². The van der Waals surface area contributed by atoms with E-state index in [0.717, 1.165) is 30.9 Å². The molecule has 2 saturated heterocycles. The molecule has 1 N–H and O–H groups in total. The quantitative estimate of drug-likeness (QED) is 0.257. The number of likely N-dealkylation sites (tertiary alicyclic amines) is 1. The van der Waals surface area contributed by atoms with E-state index in [2.05, 4.69) is 4.90 Å². The maximum Gasteiger partial charge on any atom is 0.337 e. The lowest BCUT2D eigenvalue weighted by atomic mass is 9.94. The summed E-state index contributed by atoms with van der Waals surface area (Å²) < 4.78 is 16.0. The van der Waals surface area contributed by atoms with Crippen molar-refractivity contribution >= 4 is 23.4 Å². The molecule has 2 aromatic carbocycles. The van der Waals surface area contributed by atoms with E-state index in [9.17, 15) is 19.5 Å². The zero-order valence-corrected chi connectivity index (χ0v) is 21.6. The fourth-order valence-electron chi connectivity index (χ4n) is 5.39. The summed E-state index contributed by atoms with van der Waals surface area (Å²) in [6, 6.07) is 11.1.